The third kappa shape index (κ3) is 5.24. The number of benzene rings is 2. The highest BCUT2D eigenvalue weighted by Crippen LogP contribution is 2.39. The van der Waals surface area contributed by atoms with Crippen molar-refractivity contribution < 1.29 is 13.2 Å². The van der Waals surface area contributed by atoms with Crippen molar-refractivity contribution in [2.24, 2.45) is 5.73 Å². The fourth-order valence-corrected chi connectivity index (χ4v) is 7.81. The van der Waals surface area contributed by atoms with E-state index in [0.29, 0.717) is 32.1 Å². The van der Waals surface area contributed by atoms with Crippen LogP contribution in [0.1, 0.15) is 30.5 Å². The summed E-state index contributed by atoms with van der Waals surface area (Å²) in [6.45, 7) is 3.45. The summed E-state index contributed by atoms with van der Waals surface area (Å²) in [4.78, 5) is 12.4. The van der Waals surface area contributed by atoms with E-state index in [9.17, 15) is 8.42 Å². The number of rotatable bonds is 6. The Hall–Kier alpha value is -3.57. The summed E-state index contributed by atoms with van der Waals surface area (Å²) in [5.74, 6) is 0.686. The van der Waals surface area contributed by atoms with E-state index < -0.39 is 10.0 Å². The predicted octanol–water partition coefficient (Wildman–Crippen LogP) is 4.48. The van der Waals surface area contributed by atoms with E-state index in [1.807, 2.05) is 12.1 Å². The van der Waals surface area contributed by atoms with Gasteiger partial charge in [-0.1, -0.05) is 6.07 Å². The number of pyridine rings is 2. The molecule has 2 fully saturated rings. The average Bonchev–Trinajstić information content (AvgIpc) is 3.46. The standard InChI is InChI=1S/C32H36N6O3S/c33-24-12-14-37(21-24)32-27-3-1-2-4-29(27)36-30-10-5-22(19-28(30)32)23-11-13-34-31(20-23)35-25-6-8-26(9-7-25)42(39,40)38-15-17-41-18-16-38/h5-11,13,19-20,24H,1-4,12,14-18,21,33H2,(H,34,35). The first kappa shape index (κ1) is 27.3. The zero-order valence-electron chi connectivity index (χ0n) is 23.6. The molecule has 4 aromatic rings. The van der Waals surface area contributed by atoms with Gasteiger partial charge in [-0.25, -0.2) is 13.4 Å². The van der Waals surface area contributed by atoms with E-state index >= 15 is 0 Å². The van der Waals surface area contributed by atoms with Gasteiger partial charge in [-0.15, -0.1) is 0 Å². The quantitative estimate of drug-likeness (QED) is 0.341. The first-order chi connectivity index (χ1) is 20.5. The van der Waals surface area contributed by atoms with Crippen LogP contribution in [-0.2, 0) is 27.6 Å². The van der Waals surface area contributed by atoms with Crippen molar-refractivity contribution in [2.45, 2.75) is 43.0 Å². The van der Waals surface area contributed by atoms with E-state index in [-0.39, 0.29) is 10.9 Å². The van der Waals surface area contributed by atoms with Gasteiger partial charge in [0, 0.05) is 55.2 Å². The third-order valence-corrected chi connectivity index (χ3v) is 10.5. The number of nitrogens with two attached hydrogens (primary N) is 1. The molecule has 0 saturated carbocycles. The van der Waals surface area contributed by atoms with Crippen LogP contribution in [-0.4, -0.2) is 68.1 Å². The molecule has 7 rings (SSSR count). The van der Waals surface area contributed by atoms with Gasteiger partial charge in [-0.3, -0.25) is 4.98 Å². The van der Waals surface area contributed by atoms with Gasteiger partial charge < -0.3 is 20.7 Å². The summed E-state index contributed by atoms with van der Waals surface area (Å²) in [5.41, 5.74) is 14.3. The summed E-state index contributed by atoms with van der Waals surface area (Å²) in [5, 5.41) is 4.52. The number of anilines is 3. The lowest BCUT2D eigenvalue weighted by Gasteiger charge is -2.28. The molecular weight excluding hydrogens is 548 g/mol. The lowest BCUT2D eigenvalue weighted by molar-refractivity contribution is 0.0730. The fraction of sp³-hybridized carbons (Fsp3) is 0.375. The van der Waals surface area contributed by atoms with Crippen molar-refractivity contribution in [3.05, 3.63) is 72.1 Å². The Balaban J connectivity index is 1.17. The molecule has 1 unspecified atom stereocenters. The minimum Gasteiger partial charge on any atom is -0.379 e. The molecule has 218 valence electrons. The number of aryl methyl sites for hydroxylation is 1. The van der Waals surface area contributed by atoms with E-state index in [1.165, 1.54) is 39.5 Å². The highest BCUT2D eigenvalue weighted by atomic mass is 32.2. The largest absolute Gasteiger partial charge is 0.379 e. The number of ether oxygens (including phenoxy) is 1. The Morgan fingerprint density at radius 2 is 1.71 bits per heavy atom. The first-order valence-corrected chi connectivity index (χ1v) is 16.3. The molecule has 0 spiro atoms. The number of sulfonamides is 1. The van der Waals surface area contributed by atoms with Crippen LogP contribution >= 0.6 is 0 Å². The minimum atomic E-state index is -3.54. The van der Waals surface area contributed by atoms with Crippen LogP contribution < -0.4 is 16.0 Å². The molecule has 42 heavy (non-hydrogen) atoms. The van der Waals surface area contributed by atoms with Crippen molar-refractivity contribution in [3.8, 4) is 11.1 Å². The van der Waals surface area contributed by atoms with Gasteiger partial charge in [0.1, 0.15) is 5.82 Å². The molecule has 1 aliphatic carbocycles. The molecule has 3 aliphatic rings. The monoisotopic (exact) mass is 584 g/mol. The zero-order valence-corrected chi connectivity index (χ0v) is 24.4. The van der Waals surface area contributed by atoms with Crippen LogP contribution in [0.4, 0.5) is 17.2 Å². The Kier molecular flexibility index (Phi) is 7.31. The van der Waals surface area contributed by atoms with E-state index in [2.05, 4.69) is 33.4 Å². The average molecular weight is 585 g/mol. The first-order valence-electron chi connectivity index (χ1n) is 14.8. The van der Waals surface area contributed by atoms with Gasteiger partial charge >= 0.3 is 0 Å². The number of nitrogens with one attached hydrogen (secondary N) is 1. The molecule has 2 saturated heterocycles. The highest BCUT2D eigenvalue weighted by molar-refractivity contribution is 7.89. The second kappa shape index (κ2) is 11.3. The zero-order chi connectivity index (χ0) is 28.7. The lowest BCUT2D eigenvalue weighted by atomic mass is 9.91. The molecular formula is C32H36N6O3S. The number of hydrogen-bond donors (Lipinski definition) is 2. The van der Waals surface area contributed by atoms with Gasteiger partial charge in [0.05, 0.1) is 29.3 Å². The summed E-state index contributed by atoms with van der Waals surface area (Å²) in [7, 11) is -3.54. The molecule has 0 bridgehead atoms. The van der Waals surface area contributed by atoms with E-state index in [4.69, 9.17) is 15.5 Å². The Morgan fingerprint density at radius 1 is 0.929 bits per heavy atom. The van der Waals surface area contributed by atoms with Gasteiger partial charge in [-0.05, 0) is 97.3 Å². The molecule has 2 aliphatic heterocycles. The molecule has 9 nitrogen and oxygen atoms in total. The van der Waals surface area contributed by atoms with Crippen molar-refractivity contribution >= 4 is 38.1 Å². The molecule has 4 heterocycles. The normalized spacial score (nSPS) is 19.6. The second-order valence-electron chi connectivity index (χ2n) is 11.4. The molecule has 1 atom stereocenters. The van der Waals surface area contributed by atoms with Gasteiger partial charge in [-0.2, -0.15) is 4.31 Å². The summed E-state index contributed by atoms with van der Waals surface area (Å²) >= 11 is 0. The van der Waals surface area contributed by atoms with Gasteiger partial charge in [0.25, 0.3) is 0 Å². The molecule has 3 N–H and O–H groups in total. The molecule has 0 amide bonds. The Morgan fingerprint density at radius 3 is 2.50 bits per heavy atom. The van der Waals surface area contributed by atoms with Crippen molar-refractivity contribution in [1.82, 2.24) is 14.3 Å². The second-order valence-corrected chi connectivity index (χ2v) is 13.4. The SMILES string of the molecule is NC1CCN(c2c3c(nc4ccc(-c5ccnc(Nc6ccc(S(=O)(=O)N7CCOCC7)cc6)c5)cc24)CCCC3)C1. The summed E-state index contributed by atoms with van der Waals surface area (Å²) in [6.07, 6.45) is 7.31. The minimum absolute atomic E-state index is 0.206. The number of aromatic nitrogens is 2. The molecule has 2 aromatic heterocycles. The summed E-state index contributed by atoms with van der Waals surface area (Å²) in [6, 6.07) is 17.6. The molecule has 10 heteroatoms. The van der Waals surface area contributed by atoms with E-state index in [1.54, 1.807) is 30.5 Å². The van der Waals surface area contributed by atoms with Crippen LogP contribution in [0, 0.1) is 0 Å². The lowest BCUT2D eigenvalue weighted by Crippen LogP contribution is -2.40. The predicted molar refractivity (Wildman–Crippen MR) is 166 cm³/mol. The Bertz CT molecular complexity index is 1720. The van der Waals surface area contributed by atoms with Crippen LogP contribution in [0.5, 0.6) is 0 Å². The summed E-state index contributed by atoms with van der Waals surface area (Å²) < 4.78 is 32.7. The van der Waals surface area contributed by atoms with Crippen LogP contribution in [0.15, 0.2) is 65.7 Å². The van der Waals surface area contributed by atoms with Gasteiger partial charge in [0.15, 0.2) is 0 Å². The number of hydrogen-bond acceptors (Lipinski definition) is 8. The maximum Gasteiger partial charge on any atom is 0.243 e. The number of fused-ring (bicyclic) bond motifs is 2. The smallest absolute Gasteiger partial charge is 0.243 e. The van der Waals surface area contributed by atoms with Crippen LogP contribution in [0.3, 0.4) is 0 Å². The fourth-order valence-electron chi connectivity index (χ4n) is 6.40. The number of morpholine rings is 1. The van der Waals surface area contributed by atoms with Crippen LogP contribution in [0.25, 0.3) is 22.0 Å². The van der Waals surface area contributed by atoms with Crippen LogP contribution in [0.2, 0.25) is 0 Å². The van der Waals surface area contributed by atoms with Crippen molar-refractivity contribution in [3.63, 3.8) is 0 Å². The van der Waals surface area contributed by atoms with E-state index in [0.717, 1.165) is 54.7 Å². The Labute approximate surface area is 246 Å². The van der Waals surface area contributed by atoms with Crippen molar-refractivity contribution in [1.29, 1.82) is 0 Å². The highest BCUT2D eigenvalue weighted by Gasteiger charge is 2.28. The molecule has 0 radical (unpaired) electrons. The molecule has 2 aromatic carbocycles. The third-order valence-electron chi connectivity index (χ3n) is 8.60. The maximum atomic E-state index is 13.0. The maximum absolute atomic E-state index is 13.0. The topological polar surface area (TPSA) is 114 Å². The van der Waals surface area contributed by atoms with Crippen molar-refractivity contribution in [2.75, 3.05) is 49.6 Å². The van der Waals surface area contributed by atoms with Gasteiger partial charge in [0.2, 0.25) is 10.0 Å². The number of nitrogens with zero attached hydrogens (tertiary/aromatic N) is 4.